The molecule has 0 spiro atoms. The maximum Gasteiger partial charge on any atom is 0.230 e. The summed E-state index contributed by atoms with van der Waals surface area (Å²) >= 11 is 0. The molecule has 0 atom stereocenters. The van der Waals surface area contributed by atoms with E-state index in [9.17, 15) is 9.18 Å². The molecule has 130 valence electrons. The van der Waals surface area contributed by atoms with Crippen molar-refractivity contribution in [2.24, 2.45) is 0 Å². The van der Waals surface area contributed by atoms with Crippen molar-refractivity contribution < 1.29 is 9.18 Å². The second-order valence-corrected chi connectivity index (χ2v) is 7.16. The molecule has 0 radical (unpaired) electrons. The SMILES string of the molecule is O=C(NC1CCN(c2ccccc2)CC1)C1(c2ccc(F)cc2)CC1. The third kappa shape index (κ3) is 3.26. The number of carbonyl (C=O) groups is 1. The summed E-state index contributed by atoms with van der Waals surface area (Å²) in [4.78, 5) is 15.2. The Morgan fingerprint density at radius 1 is 1.00 bits per heavy atom. The zero-order valence-electron chi connectivity index (χ0n) is 14.2. The first-order chi connectivity index (χ1) is 12.2. The highest BCUT2D eigenvalue weighted by atomic mass is 19.1. The van der Waals surface area contributed by atoms with Gasteiger partial charge >= 0.3 is 0 Å². The largest absolute Gasteiger partial charge is 0.371 e. The van der Waals surface area contributed by atoms with Gasteiger partial charge in [0.15, 0.2) is 0 Å². The van der Waals surface area contributed by atoms with E-state index < -0.39 is 5.41 Å². The number of para-hydroxylation sites is 1. The van der Waals surface area contributed by atoms with Crippen LogP contribution < -0.4 is 10.2 Å². The Kier molecular flexibility index (Phi) is 4.20. The minimum Gasteiger partial charge on any atom is -0.371 e. The predicted molar refractivity (Wildman–Crippen MR) is 97.1 cm³/mol. The van der Waals surface area contributed by atoms with Crippen LogP contribution in [-0.2, 0) is 10.2 Å². The molecule has 1 aliphatic heterocycles. The number of hydrogen-bond donors (Lipinski definition) is 1. The average Bonchev–Trinajstić information content (AvgIpc) is 3.46. The van der Waals surface area contributed by atoms with Crippen molar-refractivity contribution in [3.63, 3.8) is 0 Å². The molecule has 3 nitrogen and oxygen atoms in total. The Morgan fingerprint density at radius 2 is 1.64 bits per heavy atom. The van der Waals surface area contributed by atoms with E-state index in [1.54, 1.807) is 12.1 Å². The highest BCUT2D eigenvalue weighted by Gasteiger charge is 2.51. The molecule has 25 heavy (non-hydrogen) atoms. The number of nitrogens with one attached hydrogen (secondary N) is 1. The van der Waals surface area contributed by atoms with Crippen LogP contribution in [0.4, 0.5) is 10.1 Å². The van der Waals surface area contributed by atoms with Gasteiger partial charge in [0.1, 0.15) is 5.82 Å². The van der Waals surface area contributed by atoms with Crippen LogP contribution in [0.15, 0.2) is 54.6 Å². The van der Waals surface area contributed by atoms with Gasteiger partial charge < -0.3 is 10.2 Å². The lowest BCUT2D eigenvalue weighted by Gasteiger charge is -2.34. The molecule has 2 aliphatic rings. The summed E-state index contributed by atoms with van der Waals surface area (Å²) in [6.07, 6.45) is 3.63. The molecule has 1 aliphatic carbocycles. The lowest BCUT2D eigenvalue weighted by atomic mass is 9.93. The fourth-order valence-corrected chi connectivity index (χ4v) is 3.79. The highest BCUT2D eigenvalue weighted by Crippen LogP contribution is 2.48. The van der Waals surface area contributed by atoms with Crippen LogP contribution in [0, 0.1) is 5.82 Å². The van der Waals surface area contributed by atoms with Gasteiger partial charge in [0.25, 0.3) is 0 Å². The third-order valence-electron chi connectivity index (χ3n) is 5.53. The van der Waals surface area contributed by atoms with Crippen LogP contribution in [0.3, 0.4) is 0 Å². The molecule has 1 saturated carbocycles. The van der Waals surface area contributed by atoms with Gasteiger partial charge in [-0.15, -0.1) is 0 Å². The standard InChI is InChI=1S/C21H23FN2O/c22-17-8-6-16(7-9-17)21(12-13-21)20(25)23-18-10-14-24(15-11-18)19-4-2-1-3-5-19/h1-9,18H,10-15H2,(H,23,25). The van der Waals surface area contributed by atoms with Gasteiger partial charge in [-0.1, -0.05) is 30.3 Å². The zero-order chi connectivity index (χ0) is 17.3. The summed E-state index contributed by atoms with van der Waals surface area (Å²) in [6.45, 7) is 1.91. The van der Waals surface area contributed by atoms with Gasteiger partial charge in [0.2, 0.25) is 5.91 Å². The summed E-state index contributed by atoms with van der Waals surface area (Å²) < 4.78 is 13.1. The molecular formula is C21H23FN2O. The molecule has 4 heteroatoms. The topological polar surface area (TPSA) is 32.3 Å². The van der Waals surface area contributed by atoms with Gasteiger partial charge in [-0.25, -0.2) is 4.39 Å². The first kappa shape index (κ1) is 16.1. The lowest BCUT2D eigenvalue weighted by molar-refractivity contribution is -0.124. The van der Waals surface area contributed by atoms with E-state index in [-0.39, 0.29) is 17.8 Å². The molecule has 2 fully saturated rings. The minimum absolute atomic E-state index is 0.109. The fraction of sp³-hybridized carbons (Fsp3) is 0.381. The fourth-order valence-electron chi connectivity index (χ4n) is 3.79. The minimum atomic E-state index is -0.426. The van der Waals surface area contributed by atoms with Crippen molar-refractivity contribution in [3.05, 3.63) is 66.0 Å². The first-order valence-corrected chi connectivity index (χ1v) is 9.04. The van der Waals surface area contributed by atoms with Crippen molar-refractivity contribution >= 4 is 11.6 Å². The van der Waals surface area contributed by atoms with Crippen LogP contribution in [0.1, 0.15) is 31.2 Å². The summed E-state index contributed by atoms with van der Waals surface area (Å²) in [6, 6.07) is 17.0. The molecule has 1 amide bonds. The maximum absolute atomic E-state index is 13.1. The summed E-state index contributed by atoms with van der Waals surface area (Å²) in [7, 11) is 0. The molecule has 0 bridgehead atoms. The Morgan fingerprint density at radius 3 is 2.24 bits per heavy atom. The summed E-state index contributed by atoms with van der Waals surface area (Å²) in [5.41, 5.74) is 1.76. The quantitative estimate of drug-likeness (QED) is 0.923. The van der Waals surface area contributed by atoms with Gasteiger partial charge in [-0.05, 0) is 55.5 Å². The van der Waals surface area contributed by atoms with E-state index in [1.165, 1.54) is 17.8 Å². The molecular weight excluding hydrogens is 315 g/mol. The highest BCUT2D eigenvalue weighted by molar-refractivity contribution is 5.91. The van der Waals surface area contributed by atoms with E-state index in [0.717, 1.165) is 44.3 Å². The van der Waals surface area contributed by atoms with Crippen molar-refractivity contribution in [1.29, 1.82) is 0 Å². The molecule has 4 rings (SSSR count). The zero-order valence-corrected chi connectivity index (χ0v) is 14.2. The second kappa shape index (κ2) is 6.51. The van der Waals surface area contributed by atoms with Crippen molar-refractivity contribution in [3.8, 4) is 0 Å². The summed E-state index contributed by atoms with van der Waals surface area (Å²) in [5, 5.41) is 3.25. The van der Waals surface area contributed by atoms with Crippen LogP contribution in [0.25, 0.3) is 0 Å². The monoisotopic (exact) mass is 338 g/mol. The van der Waals surface area contributed by atoms with E-state index in [2.05, 4.69) is 34.5 Å². The molecule has 1 N–H and O–H groups in total. The smallest absolute Gasteiger partial charge is 0.230 e. The Labute approximate surface area is 147 Å². The number of amides is 1. The first-order valence-electron chi connectivity index (χ1n) is 9.04. The molecule has 0 unspecified atom stereocenters. The number of hydrogen-bond acceptors (Lipinski definition) is 2. The molecule has 0 aromatic heterocycles. The third-order valence-corrected chi connectivity index (χ3v) is 5.53. The van der Waals surface area contributed by atoms with Gasteiger partial charge in [0.05, 0.1) is 5.41 Å². The van der Waals surface area contributed by atoms with Crippen molar-refractivity contribution in [1.82, 2.24) is 5.32 Å². The van der Waals surface area contributed by atoms with Gasteiger partial charge in [0, 0.05) is 24.8 Å². The van der Waals surface area contributed by atoms with E-state index >= 15 is 0 Å². The predicted octanol–water partition coefficient (Wildman–Crippen LogP) is 3.64. The van der Waals surface area contributed by atoms with Gasteiger partial charge in [-0.2, -0.15) is 0 Å². The Balaban J connectivity index is 1.36. The normalized spacial score (nSPS) is 19.5. The number of benzene rings is 2. The molecule has 1 heterocycles. The van der Waals surface area contributed by atoms with Crippen molar-refractivity contribution in [2.75, 3.05) is 18.0 Å². The number of nitrogens with zero attached hydrogens (tertiary/aromatic N) is 1. The lowest BCUT2D eigenvalue weighted by Crippen LogP contribution is -2.47. The number of carbonyl (C=O) groups excluding carboxylic acids is 1. The second-order valence-electron chi connectivity index (χ2n) is 7.16. The van der Waals surface area contributed by atoms with Crippen LogP contribution >= 0.6 is 0 Å². The molecule has 1 saturated heterocycles. The van der Waals surface area contributed by atoms with E-state index in [4.69, 9.17) is 0 Å². The molecule has 2 aromatic rings. The van der Waals surface area contributed by atoms with Gasteiger partial charge in [-0.3, -0.25) is 4.79 Å². The van der Waals surface area contributed by atoms with E-state index in [0.29, 0.717) is 0 Å². The maximum atomic E-state index is 13.1. The van der Waals surface area contributed by atoms with E-state index in [1.807, 2.05) is 6.07 Å². The number of anilines is 1. The van der Waals surface area contributed by atoms with Crippen LogP contribution in [0.2, 0.25) is 0 Å². The Hall–Kier alpha value is -2.36. The summed E-state index contributed by atoms with van der Waals surface area (Å²) in [5.74, 6) is -0.148. The molecule has 2 aromatic carbocycles. The van der Waals surface area contributed by atoms with Crippen LogP contribution in [-0.4, -0.2) is 25.0 Å². The van der Waals surface area contributed by atoms with Crippen molar-refractivity contribution in [2.45, 2.75) is 37.1 Å². The number of rotatable bonds is 4. The number of halogens is 1. The van der Waals surface area contributed by atoms with Crippen LogP contribution in [0.5, 0.6) is 0 Å². The average molecular weight is 338 g/mol. The Bertz CT molecular complexity index is 732. The number of piperidine rings is 1.